The van der Waals surface area contributed by atoms with Crippen LogP contribution in [0, 0.1) is 11.8 Å². The van der Waals surface area contributed by atoms with Gasteiger partial charge in [-0.3, -0.25) is 14.6 Å². The van der Waals surface area contributed by atoms with E-state index in [0.717, 1.165) is 25.7 Å². The number of rotatable bonds is 4. The van der Waals surface area contributed by atoms with Crippen molar-refractivity contribution < 1.29 is 14.3 Å². The van der Waals surface area contributed by atoms with Gasteiger partial charge in [0.05, 0.1) is 18.6 Å². The molecular formula is C15H20N2O3. The Labute approximate surface area is 118 Å². The molecule has 0 spiro atoms. The lowest BCUT2D eigenvalue weighted by Crippen LogP contribution is -2.37. The van der Waals surface area contributed by atoms with E-state index in [0.29, 0.717) is 12.1 Å². The molecule has 5 heteroatoms. The molecule has 1 amide bonds. The lowest BCUT2D eigenvalue weighted by molar-refractivity contribution is -0.148. The van der Waals surface area contributed by atoms with Crippen molar-refractivity contribution in [3.05, 3.63) is 30.1 Å². The molecule has 2 rings (SSSR count). The highest BCUT2D eigenvalue weighted by Gasteiger charge is 2.31. The first-order valence-electron chi connectivity index (χ1n) is 6.98. The van der Waals surface area contributed by atoms with Crippen LogP contribution in [-0.4, -0.2) is 30.5 Å². The Kier molecular flexibility index (Phi) is 5.09. The van der Waals surface area contributed by atoms with Gasteiger partial charge in [-0.15, -0.1) is 0 Å². The number of methoxy groups -OCH3 is 1. The third kappa shape index (κ3) is 3.56. The predicted octanol–water partition coefficient (Wildman–Crippen LogP) is 1.79. The standard InChI is InChI=1S/C15H20N2O3/c1-20-15(19)13-7-3-2-5-11(13)10-17-14(18)12-6-4-8-16-9-12/h4,6,8-9,11,13H,2-3,5,7,10H2,1H3,(H,17,18). The number of hydrogen-bond acceptors (Lipinski definition) is 4. The second kappa shape index (κ2) is 7.03. The predicted molar refractivity (Wildman–Crippen MR) is 74.0 cm³/mol. The summed E-state index contributed by atoms with van der Waals surface area (Å²) in [6, 6.07) is 3.45. The van der Waals surface area contributed by atoms with Gasteiger partial charge in [-0.05, 0) is 30.9 Å². The molecule has 1 saturated carbocycles. The molecule has 1 aromatic rings. The Morgan fingerprint density at radius 2 is 2.20 bits per heavy atom. The summed E-state index contributed by atoms with van der Waals surface area (Å²) < 4.78 is 4.85. The van der Waals surface area contributed by atoms with Gasteiger partial charge in [0.1, 0.15) is 0 Å². The largest absolute Gasteiger partial charge is 0.469 e. The summed E-state index contributed by atoms with van der Waals surface area (Å²) in [7, 11) is 1.42. The van der Waals surface area contributed by atoms with E-state index in [9.17, 15) is 9.59 Å². The molecule has 108 valence electrons. The van der Waals surface area contributed by atoms with Gasteiger partial charge in [0, 0.05) is 18.9 Å². The molecule has 1 aromatic heterocycles. The van der Waals surface area contributed by atoms with E-state index in [-0.39, 0.29) is 23.7 Å². The van der Waals surface area contributed by atoms with Gasteiger partial charge in [-0.1, -0.05) is 12.8 Å². The van der Waals surface area contributed by atoms with Gasteiger partial charge in [0.2, 0.25) is 0 Å². The van der Waals surface area contributed by atoms with E-state index < -0.39 is 0 Å². The highest BCUT2D eigenvalue weighted by molar-refractivity contribution is 5.93. The molecule has 5 nitrogen and oxygen atoms in total. The maximum absolute atomic E-state index is 12.0. The summed E-state index contributed by atoms with van der Waals surface area (Å²) in [6.45, 7) is 0.507. The Balaban J connectivity index is 1.91. The lowest BCUT2D eigenvalue weighted by Gasteiger charge is -2.29. The van der Waals surface area contributed by atoms with E-state index in [1.165, 1.54) is 13.3 Å². The van der Waals surface area contributed by atoms with Crippen LogP contribution in [0.15, 0.2) is 24.5 Å². The molecule has 0 radical (unpaired) electrons. The van der Waals surface area contributed by atoms with Crippen molar-refractivity contribution in [1.82, 2.24) is 10.3 Å². The monoisotopic (exact) mass is 276 g/mol. The summed E-state index contributed by atoms with van der Waals surface area (Å²) in [5, 5.41) is 2.89. The minimum absolute atomic E-state index is 0.0945. The first kappa shape index (κ1) is 14.5. The zero-order chi connectivity index (χ0) is 14.4. The van der Waals surface area contributed by atoms with Crippen LogP contribution in [-0.2, 0) is 9.53 Å². The van der Waals surface area contributed by atoms with Crippen molar-refractivity contribution in [2.75, 3.05) is 13.7 Å². The maximum atomic E-state index is 12.0. The molecule has 0 saturated heterocycles. The van der Waals surface area contributed by atoms with E-state index in [2.05, 4.69) is 10.3 Å². The second-order valence-electron chi connectivity index (χ2n) is 5.13. The van der Waals surface area contributed by atoms with E-state index in [4.69, 9.17) is 4.74 Å². The quantitative estimate of drug-likeness (QED) is 0.851. The molecule has 20 heavy (non-hydrogen) atoms. The minimum Gasteiger partial charge on any atom is -0.469 e. The van der Waals surface area contributed by atoms with Crippen molar-refractivity contribution >= 4 is 11.9 Å². The zero-order valence-electron chi connectivity index (χ0n) is 11.7. The molecule has 1 N–H and O–H groups in total. The third-order valence-corrected chi connectivity index (χ3v) is 3.86. The highest BCUT2D eigenvalue weighted by atomic mass is 16.5. The molecule has 0 bridgehead atoms. The maximum Gasteiger partial charge on any atom is 0.309 e. The first-order chi connectivity index (χ1) is 9.72. The van der Waals surface area contributed by atoms with Crippen LogP contribution in [0.25, 0.3) is 0 Å². The fourth-order valence-electron chi connectivity index (χ4n) is 2.74. The van der Waals surface area contributed by atoms with Crippen LogP contribution >= 0.6 is 0 Å². The first-order valence-corrected chi connectivity index (χ1v) is 6.98. The van der Waals surface area contributed by atoms with Gasteiger partial charge in [0.15, 0.2) is 0 Å². The Hall–Kier alpha value is -1.91. The molecule has 0 aromatic carbocycles. The molecule has 1 fully saturated rings. The molecule has 0 aliphatic heterocycles. The average Bonchev–Trinajstić information content (AvgIpc) is 2.53. The molecule has 1 aliphatic rings. The summed E-state index contributed by atoms with van der Waals surface area (Å²) in [5.74, 6) is -0.239. The van der Waals surface area contributed by atoms with Crippen molar-refractivity contribution in [3.63, 3.8) is 0 Å². The fourth-order valence-corrected chi connectivity index (χ4v) is 2.74. The average molecular weight is 276 g/mol. The van der Waals surface area contributed by atoms with Crippen molar-refractivity contribution in [2.45, 2.75) is 25.7 Å². The Morgan fingerprint density at radius 1 is 1.40 bits per heavy atom. The molecule has 2 unspecified atom stereocenters. The van der Waals surface area contributed by atoms with Crippen LogP contribution in [0.2, 0.25) is 0 Å². The van der Waals surface area contributed by atoms with Crippen LogP contribution < -0.4 is 5.32 Å². The van der Waals surface area contributed by atoms with Crippen LogP contribution in [0.4, 0.5) is 0 Å². The topological polar surface area (TPSA) is 68.3 Å². The van der Waals surface area contributed by atoms with Crippen molar-refractivity contribution in [3.8, 4) is 0 Å². The van der Waals surface area contributed by atoms with Gasteiger partial charge < -0.3 is 10.1 Å². The number of carbonyl (C=O) groups is 2. The third-order valence-electron chi connectivity index (χ3n) is 3.86. The number of esters is 1. The summed E-state index contributed by atoms with van der Waals surface area (Å²) >= 11 is 0. The molecular weight excluding hydrogens is 256 g/mol. The van der Waals surface area contributed by atoms with Gasteiger partial charge in [-0.2, -0.15) is 0 Å². The van der Waals surface area contributed by atoms with E-state index >= 15 is 0 Å². The van der Waals surface area contributed by atoms with Crippen LogP contribution in [0.3, 0.4) is 0 Å². The summed E-state index contributed by atoms with van der Waals surface area (Å²) in [4.78, 5) is 27.6. The molecule has 1 heterocycles. The normalized spacial score (nSPS) is 22.1. The van der Waals surface area contributed by atoms with Gasteiger partial charge in [0.25, 0.3) is 5.91 Å². The summed E-state index contributed by atoms with van der Waals surface area (Å²) in [5.41, 5.74) is 0.540. The number of nitrogens with one attached hydrogen (secondary N) is 1. The Bertz CT molecular complexity index is 461. The second-order valence-corrected chi connectivity index (χ2v) is 5.13. The SMILES string of the molecule is COC(=O)C1CCCCC1CNC(=O)c1cccnc1. The van der Waals surface area contributed by atoms with Crippen molar-refractivity contribution in [2.24, 2.45) is 11.8 Å². The molecule has 2 atom stereocenters. The lowest BCUT2D eigenvalue weighted by atomic mass is 9.79. The number of carbonyl (C=O) groups excluding carboxylic acids is 2. The minimum atomic E-state index is -0.162. The fraction of sp³-hybridized carbons (Fsp3) is 0.533. The van der Waals surface area contributed by atoms with E-state index in [1.807, 2.05) is 0 Å². The number of aromatic nitrogens is 1. The number of hydrogen-bond donors (Lipinski definition) is 1. The van der Waals surface area contributed by atoms with Gasteiger partial charge in [-0.25, -0.2) is 0 Å². The highest BCUT2D eigenvalue weighted by Crippen LogP contribution is 2.30. The summed E-state index contributed by atoms with van der Waals surface area (Å²) in [6.07, 6.45) is 7.11. The molecule has 1 aliphatic carbocycles. The van der Waals surface area contributed by atoms with E-state index in [1.54, 1.807) is 18.3 Å². The van der Waals surface area contributed by atoms with Crippen LogP contribution in [0.5, 0.6) is 0 Å². The number of ether oxygens (including phenoxy) is 1. The smallest absolute Gasteiger partial charge is 0.309 e. The van der Waals surface area contributed by atoms with Gasteiger partial charge >= 0.3 is 5.97 Å². The number of pyridine rings is 1. The number of nitrogens with zero attached hydrogens (tertiary/aromatic N) is 1. The number of amides is 1. The zero-order valence-corrected chi connectivity index (χ0v) is 11.7. The van der Waals surface area contributed by atoms with Crippen LogP contribution in [0.1, 0.15) is 36.0 Å². The Morgan fingerprint density at radius 3 is 2.90 bits per heavy atom. The van der Waals surface area contributed by atoms with Crippen molar-refractivity contribution in [1.29, 1.82) is 0 Å².